The van der Waals surface area contributed by atoms with Crippen LogP contribution in [0.1, 0.15) is 74.2 Å². The lowest BCUT2D eigenvalue weighted by Gasteiger charge is -2.28. The van der Waals surface area contributed by atoms with Crippen LogP contribution in [0.15, 0.2) is 66.7 Å². The van der Waals surface area contributed by atoms with Crippen molar-refractivity contribution in [2.45, 2.75) is 64.6 Å². The fraction of sp³-hybridized carbons (Fsp3) is 0.387. The lowest BCUT2D eigenvalue weighted by atomic mass is 9.86. The molecule has 2 atom stereocenters. The van der Waals surface area contributed by atoms with E-state index in [1.165, 1.54) is 23.3 Å². The summed E-state index contributed by atoms with van der Waals surface area (Å²) in [6, 6.07) is 19.6. The molecule has 3 aromatic rings. The molecule has 2 unspecified atom stereocenters. The molecule has 37 heavy (non-hydrogen) atoms. The van der Waals surface area contributed by atoms with Gasteiger partial charge in [-0.25, -0.2) is 0 Å². The van der Waals surface area contributed by atoms with Crippen LogP contribution in [0.3, 0.4) is 0 Å². The second kappa shape index (κ2) is 11.4. The summed E-state index contributed by atoms with van der Waals surface area (Å²) in [4.78, 5) is 13.0. The van der Waals surface area contributed by atoms with Gasteiger partial charge in [0.15, 0.2) is 0 Å². The van der Waals surface area contributed by atoms with Crippen molar-refractivity contribution in [3.63, 3.8) is 0 Å². The van der Waals surface area contributed by atoms with Crippen molar-refractivity contribution in [1.82, 2.24) is 0 Å². The number of hydrogen-bond acceptors (Lipinski definition) is 3. The average Bonchev–Trinajstić information content (AvgIpc) is 2.87. The third-order valence-electron chi connectivity index (χ3n) is 6.89. The SMILES string of the molecule is CCOC(=O)C(CC(C)C)c1cc(NC2CCCc3ccccc32)cc(-c2ccc(C(F)(F)F)cc2)c1. The van der Waals surface area contributed by atoms with E-state index >= 15 is 0 Å². The Bertz CT molecular complexity index is 1220. The summed E-state index contributed by atoms with van der Waals surface area (Å²) >= 11 is 0. The first-order chi connectivity index (χ1) is 17.7. The molecule has 0 saturated carbocycles. The zero-order valence-electron chi connectivity index (χ0n) is 21.6. The molecule has 1 aliphatic rings. The van der Waals surface area contributed by atoms with Gasteiger partial charge in [-0.05, 0) is 90.6 Å². The molecule has 3 aromatic carbocycles. The van der Waals surface area contributed by atoms with Crippen LogP contribution in [0.5, 0.6) is 0 Å². The summed E-state index contributed by atoms with van der Waals surface area (Å²) in [6.07, 6.45) is -0.692. The molecule has 0 aliphatic heterocycles. The van der Waals surface area contributed by atoms with E-state index in [-0.39, 0.29) is 24.5 Å². The Labute approximate surface area is 217 Å². The smallest absolute Gasteiger partial charge is 0.416 e. The van der Waals surface area contributed by atoms with Crippen molar-refractivity contribution >= 4 is 11.7 Å². The first-order valence-electron chi connectivity index (χ1n) is 13.0. The van der Waals surface area contributed by atoms with Crippen LogP contribution in [0, 0.1) is 5.92 Å². The van der Waals surface area contributed by atoms with Gasteiger partial charge in [-0.1, -0.05) is 56.3 Å². The first-order valence-corrected chi connectivity index (χ1v) is 13.0. The highest BCUT2D eigenvalue weighted by Gasteiger charge is 2.30. The second-order valence-electron chi connectivity index (χ2n) is 10.1. The molecular weight excluding hydrogens is 475 g/mol. The highest BCUT2D eigenvalue weighted by atomic mass is 19.4. The lowest BCUT2D eigenvalue weighted by Crippen LogP contribution is -2.19. The molecule has 196 valence electrons. The molecule has 3 nitrogen and oxygen atoms in total. The van der Waals surface area contributed by atoms with Crippen LogP contribution in [-0.2, 0) is 22.1 Å². The number of halogens is 3. The zero-order valence-corrected chi connectivity index (χ0v) is 21.6. The number of benzene rings is 3. The summed E-state index contributed by atoms with van der Waals surface area (Å²) in [5.74, 6) is -0.492. The van der Waals surface area contributed by atoms with Gasteiger partial charge in [0.05, 0.1) is 24.1 Å². The fourth-order valence-corrected chi connectivity index (χ4v) is 5.14. The van der Waals surface area contributed by atoms with Crippen LogP contribution in [0.4, 0.5) is 18.9 Å². The quantitative estimate of drug-likeness (QED) is 0.309. The normalized spacial score (nSPS) is 16.2. The first kappa shape index (κ1) is 26.8. The van der Waals surface area contributed by atoms with Crippen LogP contribution in [0.2, 0.25) is 0 Å². The number of ether oxygens (including phenoxy) is 1. The fourth-order valence-electron chi connectivity index (χ4n) is 5.14. The highest BCUT2D eigenvalue weighted by molar-refractivity contribution is 5.80. The summed E-state index contributed by atoms with van der Waals surface area (Å²) in [6.45, 7) is 6.20. The number of alkyl halides is 3. The summed E-state index contributed by atoms with van der Waals surface area (Å²) in [7, 11) is 0. The molecule has 0 radical (unpaired) electrons. The number of carbonyl (C=O) groups excluding carboxylic acids is 1. The van der Waals surface area contributed by atoms with Crippen LogP contribution >= 0.6 is 0 Å². The van der Waals surface area contributed by atoms with Crippen LogP contribution in [0.25, 0.3) is 11.1 Å². The van der Waals surface area contributed by atoms with E-state index in [0.29, 0.717) is 12.0 Å². The Morgan fingerprint density at radius 1 is 1.03 bits per heavy atom. The summed E-state index contributed by atoms with van der Waals surface area (Å²) < 4.78 is 44.9. The van der Waals surface area contributed by atoms with E-state index in [0.717, 1.165) is 48.2 Å². The molecule has 1 aliphatic carbocycles. The summed E-state index contributed by atoms with van der Waals surface area (Å²) in [5.41, 5.74) is 4.97. The molecule has 0 bridgehead atoms. The number of esters is 1. The van der Waals surface area contributed by atoms with E-state index in [1.54, 1.807) is 6.92 Å². The maximum Gasteiger partial charge on any atom is 0.416 e. The van der Waals surface area contributed by atoms with Gasteiger partial charge < -0.3 is 10.1 Å². The van der Waals surface area contributed by atoms with Crippen LogP contribution < -0.4 is 5.32 Å². The molecule has 0 aromatic heterocycles. The van der Waals surface area contributed by atoms with Crippen molar-refractivity contribution in [2.24, 2.45) is 5.92 Å². The largest absolute Gasteiger partial charge is 0.466 e. The standard InChI is InChI=1S/C31H34F3NO2/c1-4-37-30(36)28(16-20(2)3)24-17-23(21-12-14-25(15-13-21)31(32,33)34)18-26(19-24)35-29-11-7-9-22-8-5-6-10-27(22)29/h5-6,8,10,12-15,17-20,28-29,35H,4,7,9,11,16H2,1-3H3. The molecule has 0 fully saturated rings. The van der Waals surface area contributed by atoms with Gasteiger partial charge in [0.1, 0.15) is 0 Å². The van der Waals surface area contributed by atoms with Crippen molar-refractivity contribution in [2.75, 3.05) is 11.9 Å². The van der Waals surface area contributed by atoms with E-state index < -0.39 is 17.7 Å². The Morgan fingerprint density at radius 2 is 1.76 bits per heavy atom. The number of nitrogens with one attached hydrogen (secondary N) is 1. The van der Waals surface area contributed by atoms with Gasteiger partial charge in [0.2, 0.25) is 0 Å². The maximum atomic E-state index is 13.2. The second-order valence-corrected chi connectivity index (χ2v) is 10.1. The minimum atomic E-state index is -4.40. The predicted octanol–water partition coefficient (Wildman–Crippen LogP) is 8.55. The van der Waals surface area contributed by atoms with E-state index in [2.05, 4.69) is 37.4 Å². The van der Waals surface area contributed by atoms with Gasteiger partial charge in [-0.3, -0.25) is 4.79 Å². The van der Waals surface area contributed by atoms with Gasteiger partial charge in [-0.2, -0.15) is 13.2 Å². The van der Waals surface area contributed by atoms with E-state index in [9.17, 15) is 18.0 Å². The number of fused-ring (bicyclic) bond motifs is 1. The van der Waals surface area contributed by atoms with Crippen LogP contribution in [-0.4, -0.2) is 12.6 Å². The Kier molecular flexibility index (Phi) is 8.25. The number of aryl methyl sites for hydroxylation is 1. The van der Waals surface area contributed by atoms with Crippen molar-refractivity contribution in [1.29, 1.82) is 0 Å². The minimum absolute atomic E-state index is 0.117. The molecule has 0 amide bonds. The minimum Gasteiger partial charge on any atom is -0.466 e. The highest BCUT2D eigenvalue weighted by Crippen LogP contribution is 2.37. The zero-order chi connectivity index (χ0) is 26.6. The van der Waals surface area contributed by atoms with Gasteiger partial charge in [0, 0.05) is 5.69 Å². The Morgan fingerprint density at radius 3 is 2.43 bits per heavy atom. The third kappa shape index (κ3) is 6.54. The Balaban J connectivity index is 1.77. The van der Waals surface area contributed by atoms with Crippen molar-refractivity contribution in [3.05, 3.63) is 89.0 Å². The monoisotopic (exact) mass is 509 g/mol. The molecule has 4 rings (SSSR count). The van der Waals surface area contributed by atoms with Crippen molar-refractivity contribution < 1.29 is 22.7 Å². The summed E-state index contributed by atoms with van der Waals surface area (Å²) in [5, 5.41) is 3.67. The Hall–Kier alpha value is -3.28. The molecule has 0 saturated heterocycles. The van der Waals surface area contributed by atoms with Crippen molar-refractivity contribution in [3.8, 4) is 11.1 Å². The lowest BCUT2D eigenvalue weighted by molar-refractivity contribution is -0.145. The number of anilines is 1. The molecule has 0 heterocycles. The number of rotatable bonds is 8. The van der Waals surface area contributed by atoms with Gasteiger partial charge in [-0.15, -0.1) is 0 Å². The van der Waals surface area contributed by atoms with E-state index in [4.69, 9.17) is 4.74 Å². The molecule has 1 N–H and O–H groups in total. The number of hydrogen-bond donors (Lipinski definition) is 1. The number of carbonyl (C=O) groups is 1. The van der Waals surface area contributed by atoms with Gasteiger partial charge in [0.25, 0.3) is 0 Å². The maximum absolute atomic E-state index is 13.2. The van der Waals surface area contributed by atoms with E-state index in [1.807, 2.05) is 24.3 Å². The topological polar surface area (TPSA) is 38.3 Å². The molecule has 6 heteroatoms. The molecular formula is C31H34F3NO2. The molecule has 0 spiro atoms. The third-order valence-corrected chi connectivity index (χ3v) is 6.89. The average molecular weight is 510 g/mol. The predicted molar refractivity (Wildman–Crippen MR) is 141 cm³/mol. The van der Waals surface area contributed by atoms with Gasteiger partial charge >= 0.3 is 12.1 Å².